The molecule has 2 heterocycles. The molecule has 16 heavy (non-hydrogen) atoms. The maximum absolute atomic E-state index is 11.1. The lowest BCUT2D eigenvalue weighted by molar-refractivity contribution is -0.140. The van der Waals surface area contributed by atoms with Crippen LogP contribution in [0.25, 0.3) is 0 Å². The van der Waals surface area contributed by atoms with Gasteiger partial charge in [0.25, 0.3) is 0 Å². The maximum Gasteiger partial charge on any atom is 0.305 e. The van der Waals surface area contributed by atoms with Crippen LogP contribution in [0.4, 0.5) is 0 Å². The predicted octanol–water partition coefficient (Wildman–Crippen LogP) is 1.02. The van der Waals surface area contributed by atoms with Crippen molar-refractivity contribution in [3.05, 3.63) is 0 Å². The molecular weight excluding hydrogens is 204 g/mol. The molecule has 2 unspecified atom stereocenters. The second kappa shape index (κ2) is 4.34. The molecule has 0 aliphatic carbocycles. The van der Waals surface area contributed by atoms with Crippen LogP contribution in [-0.2, 0) is 4.79 Å². The molecule has 4 heteroatoms. The number of likely N-dealkylation sites (N-methyl/N-ethyl adjacent to an activating group) is 1. The Morgan fingerprint density at radius 3 is 2.50 bits per heavy atom. The first-order chi connectivity index (χ1) is 7.53. The standard InChI is InChI=1S/C12H22N2O2/c1-10-7-12(8-11(15)16,9-13(10)2)14-5-3-4-6-14/h10H,3-9H2,1-2H3,(H,15,16). The number of carboxylic acids is 1. The van der Waals surface area contributed by atoms with Gasteiger partial charge in [-0.2, -0.15) is 0 Å². The molecule has 0 saturated carbocycles. The first kappa shape index (κ1) is 11.9. The van der Waals surface area contributed by atoms with Crippen molar-refractivity contribution in [3.63, 3.8) is 0 Å². The van der Waals surface area contributed by atoms with Crippen LogP contribution in [0.2, 0.25) is 0 Å². The minimum absolute atomic E-state index is 0.101. The lowest BCUT2D eigenvalue weighted by Gasteiger charge is -2.37. The Morgan fingerprint density at radius 1 is 1.44 bits per heavy atom. The van der Waals surface area contributed by atoms with Gasteiger partial charge in [0.05, 0.1) is 6.42 Å². The summed E-state index contributed by atoms with van der Waals surface area (Å²) in [7, 11) is 2.10. The molecule has 0 bridgehead atoms. The van der Waals surface area contributed by atoms with Crippen molar-refractivity contribution in [1.82, 2.24) is 9.80 Å². The summed E-state index contributed by atoms with van der Waals surface area (Å²) < 4.78 is 0. The third kappa shape index (κ3) is 2.09. The van der Waals surface area contributed by atoms with Gasteiger partial charge in [0.1, 0.15) is 0 Å². The minimum Gasteiger partial charge on any atom is -0.481 e. The van der Waals surface area contributed by atoms with Crippen LogP contribution < -0.4 is 0 Å². The zero-order chi connectivity index (χ0) is 11.8. The van der Waals surface area contributed by atoms with Crippen LogP contribution >= 0.6 is 0 Å². The number of carbonyl (C=O) groups is 1. The van der Waals surface area contributed by atoms with Crippen LogP contribution in [0.3, 0.4) is 0 Å². The number of rotatable bonds is 3. The molecule has 0 aromatic carbocycles. The molecule has 1 N–H and O–H groups in total. The highest BCUT2D eigenvalue weighted by Crippen LogP contribution is 2.36. The Labute approximate surface area is 97.2 Å². The molecule has 2 saturated heterocycles. The number of carboxylic acid groups (broad SMARTS) is 1. The summed E-state index contributed by atoms with van der Waals surface area (Å²) in [6, 6.07) is 0.500. The number of aliphatic carboxylic acids is 1. The van der Waals surface area contributed by atoms with Gasteiger partial charge in [0, 0.05) is 18.1 Å². The van der Waals surface area contributed by atoms with E-state index < -0.39 is 5.97 Å². The topological polar surface area (TPSA) is 43.8 Å². The monoisotopic (exact) mass is 226 g/mol. The van der Waals surface area contributed by atoms with Crippen molar-refractivity contribution < 1.29 is 9.90 Å². The Bertz CT molecular complexity index is 264. The van der Waals surface area contributed by atoms with Gasteiger partial charge in [0.15, 0.2) is 0 Å². The molecule has 2 atom stereocenters. The van der Waals surface area contributed by atoms with Crippen LogP contribution in [0.15, 0.2) is 0 Å². The van der Waals surface area contributed by atoms with Gasteiger partial charge in [-0.15, -0.1) is 0 Å². The Hall–Kier alpha value is -0.610. The fraction of sp³-hybridized carbons (Fsp3) is 0.917. The molecule has 2 aliphatic heterocycles. The Kier molecular flexibility index (Phi) is 3.22. The predicted molar refractivity (Wildman–Crippen MR) is 62.5 cm³/mol. The molecule has 0 radical (unpaired) electrons. The third-order valence-electron chi connectivity index (χ3n) is 4.23. The maximum atomic E-state index is 11.1. The second-order valence-corrected chi connectivity index (χ2v) is 5.46. The van der Waals surface area contributed by atoms with Gasteiger partial charge in [-0.05, 0) is 46.3 Å². The zero-order valence-electron chi connectivity index (χ0n) is 10.3. The molecule has 2 fully saturated rings. The zero-order valence-corrected chi connectivity index (χ0v) is 10.3. The molecule has 0 spiro atoms. The van der Waals surface area contributed by atoms with Crippen LogP contribution in [-0.4, -0.2) is 59.1 Å². The van der Waals surface area contributed by atoms with Crippen LogP contribution in [0.5, 0.6) is 0 Å². The fourth-order valence-electron chi connectivity index (χ4n) is 3.33. The van der Waals surface area contributed by atoms with Crippen molar-refractivity contribution in [3.8, 4) is 0 Å². The lowest BCUT2D eigenvalue weighted by Crippen LogP contribution is -2.50. The largest absolute Gasteiger partial charge is 0.481 e. The Morgan fingerprint density at radius 2 is 2.06 bits per heavy atom. The molecule has 0 aromatic rings. The van der Waals surface area contributed by atoms with Gasteiger partial charge in [-0.25, -0.2) is 0 Å². The van der Waals surface area contributed by atoms with E-state index in [0.29, 0.717) is 12.5 Å². The van der Waals surface area contributed by atoms with E-state index in [2.05, 4.69) is 23.8 Å². The summed E-state index contributed by atoms with van der Waals surface area (Å²) in [6.45, 7) is 5.25. The number of hydrogen-bond donors (Lipinski definition) is 1. The minimum atomic E-state index is -0.658. The average Bonchev–Trinajstić information content (AvgIpc) is 2.75. The van der Waals surface area contributed by atoms with Crippen molar-refractivity contribution in [2.24, 2.45) is 0 Å². The SMILES string of the molecule is CC1CC(CC(=O)O)(N2CCCC2)CN1C. The van der Waals surface area contributed by atoms with Gasteiger partial charge in [-0.3, -0.25) is 9.69 Å². The van der Waals surface area contributed by atoms with E-state index in [0.717, 1.165) is 26.1 Å². The number of nitrogens with zero attached hydrogens (tertiary/aromatic N) is 2. The number of hydrogen-bond acceptors (Lipinski definition) is 3. The van der Waals surface area contributed by atoms with Gasteiger partial charge in [0.2, 0.25) is 0 Å². The first-order valence-corrected chi connectivity index (χ1v) is 6.21. The average molecular weight is 226 g/mol. The van der Waals surface area contributed by atoms with Crippen molar-refractivity contribution in [2.45, 2.75) is 44.2 Å². The van der Waals surface area contributed by atoms with Gasteiger partial charge in [-0.1, -0.05) is 0 Å². The van der Waals surface area contributed by atoms with Crippen molar-refractivity contribution in [2.75, 3.05) is 26.7 Å². The van der Waals surface area contributed by atoms with E-state index in [4.69, 9.17) is 5.11 Å². The summed E-state index contributed by atoms with van der Waals surface area (Å²) >= 11 is 0. The molecule has 4 nitrogen and oxygen atoms in total. The van der Waals surface area contributed by atoms with E-state index >= 15 is 0 Å². The van der Waals surface area contributed by atoms with E-state index in [9.17, 15) is 4.79 Å². The van der Waals surface area contributed by atoms with E-state index in [1.165, 1.54) is 12.8 Å². The normalized spacial score (nSPS) is 37.0. The van der Waals surface area contributed by atoms with Gasteiger partial charge >= 0.3 is 5.97 Å². The van der Waals surface area contributed by atoms with Crippen molar-refractivity contribution >= 4 is 5.97 Å². The smallest absolute Gasteiger partial charge is 0.305 e. The van der Waals surface area contributed by atoms with E-state index in [1.807, 2.05) is 0 Å². The molecule has 92 valence electrons. The number of likely N-dealkylation sites (tertiary alicyclic amines) is 2. The Balaban J connectivity index is 2.16. The fourth-order valence-corrected chi connectivity index (χ4v) is 3.33. The summed E-state index contributed by atoms with van der Waals surface area (Å²) in [5, 5.41) is 9.13. The van der Waals surface area contributed by atoms with Crippen LogP contribution in [0, 0.1) is 0 Å². The molecule has 2 rings (SSSR count). The summed E-state index contributed by atoms with van der Waals surface area (Å²) in [4.78, 5) is 15.8. The second-order valence-electron chi connectivity index (χ2n) is 5.46. The first-order valence-electron chi connectivity index (χ1n) is 6.21. The highest BCUT2D eigenvalue weighted by molar-refractivity contribution is 5.68. The van der Waals surface area contributed by atoms with E-state index in [1.54, 1.807) is 0 Å². The van der Waals surface area contributed by atoms with Crippen LogP contribution in [0.1, 0.15) is 32.6 Å². The molecule has 2 aliphatic rings. The molecule has 0 amide bonds. The summed E-state index contributed by atoms with van der Waals surface area (Å²) in [5.41, 5.74) is -0.101. The quantitative estimate of drug-likeness (QED) is 0.780. The lowest BCUT2D eigenvalue weighted by atomic mass is 9.90. The highest BCUT2D eigenvalue weighted by Gasteiger charge is 2.46. The van der Waals surface area contributed by atoms with Crippen molar-refractivity contribution in [1.29, 1.82) is 0 Å². The van der Waals surface area contributed by atoms with E-state index in [-0.39, 0.29) is 5.54 Å². The van der Waals surface area contributed by atoms with Gasteiger partial charge < -0.3 is 10.0 Å². The highest BCUT2D eigenvalue weighted by atomic mass is 16.4. The molecular formula is C12H22N2O2. The third-order valence-corrected chi connectivity index (χ3v) is 4.23. The molecule has 0 aromatic heterocycles. The summed E-state index contributed by atoms with van der Waals surface area (Å²) in [5.74, 6) is -0.658. The summed E-state index contributed by atoms with van der Waals surface area (Å²) in [6.07, 6.45) is 3.73.